The zero-order valence-corrected chi connectivity index (χ0v) is 16.0. The van der Waals surface area contributed by atoms with Gasteiger partial charge in [0.2, 0.25) is 0 Å². The quantitative estimate of drug-likeness (QED) is 0.340. The molecule has 0 aliphatic heterocycles. The third kappa shape index (κ3) is 7.70. The maximum Gasteiger partial charge on any atom is 0.0644 e. The van der Waals surface area contributed by atoms with Crippen LogP contribution in [0.5, 0.6) is 0 Å². The Morgan fingerprint density at radius 1 is 0.750 bits per heavy atom. The van der Waals surface area contributed by atoms with Crippen molar-refractivity contribution in [3.63, 3.8) is 0 Å². The topological polar surface area (TPSA) is 18.5 Å². The summed E-state index contributed by atoms with van der Waals surface area (Å²) in [6.07, 6.45) is 17.3. The van der Waals surface area contributed by atoms with Crippen molar-refractivity contribution in [1.29, 1.82) is 0 Å². The molecule has 2 fully saturated rings. The van der Waals surface area contributed by atoms with E-state index in [0.717, 1.165) is 49.9 Å². The SMILES string of the molecule is C=CCOCC1CCC(CCC2CCC(COCCC)CC2)CC1. The molecule has 0 heterocycles. The standard InChI is InChI=1S/C22H40O2/c1-3-15-23-17-21-11-7-19(8-12-21)5-6-20-9-13-22(14-10-20)18-24-16-4-2/h3,19-22H,1,4-18H2,2H3. The maximum absolute atomic E-state index is 5.74. The normalized spacial score (nSPS) is 31.0. The van der Waals surface area contributed by atoms with Crippen molar-refractivity contribution in [2.45, 2.75) is 77.6 Å². The van der Waals surface area contributed by atoms with E-state index in [9.17, 15) is 0 Å². The predicted octanol–water partition coefficient (Wildman–Crippen LogP) is 6.01. The second kappa shape index (κ2) is 12.1. The molecule has 2 saturated carbocycles. The summed E-state index contributed by atoms with van der Waals surface area (Å²) in [5.41, 5.74) is 0. The maximum atomic E-state index is 5.74. The van der Waals surface area contributed by atoms with E-state index in [1.54, 1.807) is 0 Å². The Labute approximate surface area is 150 Å². The van der Waals surface area contributed by atoms with Gasteiger partial charge in [0, 0.05) is 19.8 Å². The van der Waals surface area contributed by atoms with Gasteiger partial charge in [-0.15, -0.1) is 6.58 Å². The van der Waals surface area contributed by atoms with Gasteiger partial charge in [0.1, 0.15) is 0 Å². The van der Waals surface area contributed by atoms with E-state index in [-0.39, 0.29) is 0 Å². The Morgan fingerprint density at radius 2 is 1.21 bits per heavy atom. The average molecular weight is 337 g/mol. The minimum Gasteiger partial charge on any atom is -0.381 e. The van der Waals surface area contributed by atoms with Crippen LogP contribution in [0.15, 0.2) is 12.7 Å². The minimum absolute atomic E-state index is 0.714. The third-order valence-electron chi connectivity index (χ3n) is 6.21. The number of ether oxygens (including phenoxy) is 2. The lowest BCUT2D eigenvalue weighted by molar-refractivity contribution is 0.0750. The summed E-state index contributed by atoms with van der Waals surface area (Å²) in [6.45, 7) is 9.53. The van der Waals surface area contributed by atoms with Crippen molar-refractivity contribution in [2.75, 3.05) is 26.4 Å². The third-order valence-corrected chi connectivity index (χ3v) is 6.21. The van der Waals surface area contributed by atoms with Crippen LogP contribution in [0.25, 0.3) is 0 Å². The molecule has 2 aliphatic rings. The molecule has 0 unspecified atom stereocenters. The van der Waals surface area contributed by atoms with Crippen molar-refractivity contribution in [2.24, 2.45) is 23.7 Å². The molecule has 24 heavy (non-hydrogen) atoms. The molecule has 0 saturated heterocycles. The monoisotopic (exact) mass is 336 g/mol. The van der Waals surface area contributed by atoms with Crippen LogP contribution in [0.2, 0.25) is 0 Å². The van der Waals surface area contributed by atoms with Crippen molar-refractivity contribution in [3.05, 3.63) is 12.7 Å². The van der Waals surface area contributed by atoms with Crippen LogP contribution in [0, 0.1) is 23.7 Å². The molecular formula is C22H40O2. The Balaban J connectivity index is 1.50. The largest absolute Gasteiger partial charge is 0.381 e. The molecule has 2 aliphatic carbocycles. The van der Waals surface area contributed by atoms with Gasteiger partial charge >= 0.3 is 0 Å². The summed E-state index contributed by atoms with van der Waals surface area (Å²) in [5, 5.41) is 0. The fourth-order valence-electron chi connectivity index (χ4n) is 4.56. The van der Waals surface area contributed by atoms with Gasteiger partial charge in [0.15, 0.2) is 0 Å². The molecule has 0 aromatic carbocycles. The summed E-state index contributed by atoms with van der Waals surface area (Å²) in [4.78, 5) is 0. The highest BCUT2D eigenvalue weighted by Crippen LogP contribution is 2.36. The van der Waals surface area contributed by atoms with Crippen LogP contribution in [0.3, 0.4) is 0 Å². The van der Waals surface area contributed by atoms with E-state index in [1.807, 2.05) is 6.08 Å². The van der Waals surface area contributed by atoms with Gasteiger partial charge in [0.25, 0.3) is 0 Å². The summed E-state index contributed by atoms with van der Waals surface area (Å²) < 4.78 is 11.4. The molecule has 0 radical (unpaired) electrons. The molecule has 0 aromatic heterocycles. The molecule has 0 bridgehead atoms. The van der Waals surface area contributed by atoms with Gasteiger partial charge in [-0.05, 0) is 55.8 Å². The zero-order valence-electron chi connectivity index (χ0n) is 16.0. The molecule has 2 rings (SSSR count). The predicted molar refractivity (Wildman–Crippen MR) is 102 cm³/mol. The van der Waals surface area contributed by atoms with Crippen molar-refractivity contribution in [1.82, 2.24) is 0 Å². The van der Waals surface area contributed by atoms with Crippen LogP contribution in [0.4, 0.5) is 0 Å². The van der Waals surface area contributed by atoms with E-state index < -0.39 is 0 Å². The Hall–Kier alpha value is -0.340. The zero-order chi connectivity index (χ0) is 17.0. The highest BCUT2D eigenvalue weighted by atomic mass is 16.5. The van der Waals surface area contributed by atoms with Gasteiger partial charge in [-0.2, -0.15) is 0 Å². The Bertz CT molecular complexity index is 312. The average Bonchev–Trinajstić information content (AvgIpc) is 2.63. The van der Waals surface area contributed by atoms with Crippen LogP contribution in [-0.4, -0.2) is 26.4 Å². The second-order valence-electron chi connectivity index (χ2n) is 8.25. The number of hydrogen-bond acceptors (Lipinski definition) is 2. The molecule has 0 amide bonds. The summed E-state index contributed by atoms with van der Waals surface area (Å²) in [5.74, 6) is 3.64. The molecule has 0 atom stereocenters. The minimum atomic E-state index is 0.714. The van der Waals surface area contributed by atoms with Crippen LogP contribution >= 0.6 is 0 Å². The summed E-state index contributed by atoms with van der Waals surface area (Å²) >= 11 is 0. The fourth-order valence-corrected chi connectivity index (χ4v) is 4.56. The highest BCUT2D eigenvalue weighted by Gasteiger charge is 2.24. The lowest BCUT2D eigenvalue weighted by Gasteiger charge is -2.32. The van der Waals surface area contributed by atoms with Crippen LogP contribution in [-0.2, 0) is 9.47 Å². The van der Waals surface area contributed by atoms with Gasteiger partial charge in [-0.1, -0.05) is 51.5 Å². The first-order valence-electron chi connectivity index (χ1n) is 10.6. The molecule has 140 valence electrons. The second-order valence-corrected chi connectivity index (χ2v) is 8.25. The molecule has 0 aromatic rings. The lowest BCUT2D eigenvalue weighted by atomic mass is 9.76. The van der Waals surface area contributed by atoms with Crippen molar-refractivity contribution < 1.29 is 9.47 Å². The molecule has 0 spiro atoms. The smallest absolute Gasteiger partial charge is 0.0644 e. The van der Waals surface area contributed by atoms with Gasteiger partial charge in [0.05, 0.1) is 6.61 Å². The van der Waals surface area contributed by atoms with Gasteiger partial charge in [-0.25, -0.2) is 0 Å². The van der Waals surface area contributed by atoms with E-state index in [2.05, 4.69) is 13.5 Å². The summed E-state index contributed by atoms with van der Waals surface area (Å²) in [7, 11) is 0. The van der Waals surface area contributed by atoms with Crippen LogP contribution < -0.4 is 0 Å². The molecule has 2 nitrogen and oxygen atoms in total. The van der Waals surface area contributed by atoms with E-state index in [4.69, 9.17) is 9.47 Å². The molecule has 0 N–H and O–H groups in total. The number of hydrogen-bond donors (Lipinski definition) is 0. The van der Waals surface area contributed by atoms with Gasteiger partial charge in [-0.3, -0.25) is 0 Å². The van der Waals surface area contributed by atoms with Gasteiger partial charge < -0.3 is 9.47 Å². The first kappa shape index (κ1) is 20.0. The van der Waals surface area contributed by atoms with E-state index >= 15 is 0 Å². The number of rotatable bonds is 11. The molecule has 2 heteroatoms. The van der Waals surface area contributed by atoms with E-state index in [1.165, 1.54) is 64.2 Å². The van der Waals surface area contributed by atoms with E-state index in [0.29, 0.717) is 6.61 Å². The summed E-state index contributed by atoms with van der Waals surface area (Å²) in [6, 6.07) is 0. The first-order chi connectivity index (χ1) is 11.8. The lowest BCUT2D eigenvalue weighted by Crippen LogP contribution is -2.21. The molecular weight excluding hydrogens is 296 g/mol. The Kier molecular flexibility index (Phi) is 10.1. The van der Waals surface area contributed by atoms with Crippen LogP contribution in [0.1, 0.15) is 77.6 Å². The fraction of sp³-hybridized carbons (Fsp3) is 0.909. The Morgan fingerprint density at radius 3 is 1.67 bits per heavy atom. The highest BCUT2D eigenvalue weighted by molar-refractivity contribution is 4.77. The first-order valence-corrected chi connectivity index (χ1v) is 10.6. The van der Waals surface area contributed by atoms with Crippen molar-refractivity contribution >= 4 is 0 Å². The van der Waals surface area contributed by atoms with Crippen molar-refractivity contribution in [3.8, 4) is 0 Å².